The van der Waals surface area contributed by atoms with Crippen LogP contribution in [0.25, 0.3) is 22.5 Å². The second-order valence-corrected chi connectivity index (χ2v) is 9.45. The molecule has 0 unspecified atom stereocenters. The van der Waals surface area contributed by atoms with Gasteiger partial charge in [0.25, 0.3) is 5.56 Å². The van der Waals surface area contributed by atoms with Gasteiger partial charge in [-0.3, -0.25) is 9.80 Å². The number of hydrogen-bond donors (Lipinski definition) is 0. The summed E-state index contributed by atoms with van der Waals surface area (Å²) in [6, 6.07) is 27.2. The molecular formula is C26H19Br2N3O2. The molecule has 33 heavy (non-hydrogen) atoms. The van der Waals surface area contributed by atoms with E-state index in [0.29, 0.717) is 35.6 Å². The van der Waals surface area contributed by atoms with Gasteiger partial charge in [-0.2, -0.15) is 4.68 Å². The van der Waals surface area contributed by atoms with E-state index in [0.717, 1.165) is 20.1 Å². The molecule has 5 aromatic rings. The second-order valence-electron chi connectivity index (χ2n) is 7.62. The molecule has 0 aliphatic rings. The summed E-state index contributed by atoms with van der Waals surface area (Å²) in [7, 11) is 0. The van der Waals surface area contributed by atoms with Gasteiger partial charge in [0.15, 0.2) is 11.6 Å². The molecule has 2 aromatic heterocycles. The minimum Gasteiger partial charge on any atom is -0.461 e. The van der Waals surface area contributed by atoms with Crippen molar-refractivity contribution >= 4 is 42.8 Å². The van der Waals surface area contributed by atoms with Gasteiger partial charge in [0.1, 0.15) is 0 Å². The molecule has 0 atom stereocenters. The van der Waals surface area contributed by atoms with Crippen LogP contribution in [0, 0.1) is 0 Å². The van der Waals surface area contributed by atoms with Gasteiger partial charge in [-0.1, -0.05) is 68.3 Å². The summed E-state index contributed by atoms with van der Waals surface area (Å²) in [5, 5.41) is 2.57. The lowest BCUT2D eigenvalue weighted by Crippen LogP contribution is -2.42. The van der Waals surface area contributed by atoms with E-state index in [9.17, 15) is 4.79 Å². The van der Waals surface area contributed by atoms with Crippen molar-refractivity contribution in [1.29, 1.82) is 0 Å². The van der Waals surface area contributed by atoms with Crippen LogP contribution in [0.1, 0.15) is 11.1 Å². The van der Waals surface area contributed by atoms with Crippen LogP contribution < -0.4 is 10.6 Å². The average Bonchev–Trinajstić information content (AvgIpc) is 3.36. The van der Waals surface area contributed by atoms with Crippen molar-refractivity contribution in [2.45, 2.75) is 13.1 Å². The van der Waals surface area contributed by atoms with E-state index < -0.39 is 0 Å². The van der Waals surface area contributed by atoms with E-state index in [2.05, 4.69) is 31.9 Å². The summed E-state index contributed by atoms with van der Waals surface area (Å²) in [5.74, 6) is 1.01. The minimum atomic E-state index is -0.138. The number of furan rings is 1. The fraction of sp³-hybridized carbons (Fsp3) is 0.0769. The molecule has 0 fully saturated rings. The lowest BCUT2D eigenvalue weighted by atomic mass is 10.2. The quantitative estimate of drug-likeness (QED) is 0.235. The lowest BCUT2D eigenvalue weighted by Gasteiger charge is -2.28. The summed E-state index contributed by atoms with van der Waals surface area (Å²) in [4.78, 5) is 18.6. The van der Waals surface area contributed by atoms with Crippen LogP contribution in [0.15, 0.2) is 109 Å². The average molecular weight is 565 g/mol. The predicted molar refractivity (Wildman–Crippen MR) is 138 cm³/mol. The molecule has 0 aliphatic carbocycles. The van der Waals surface area contributed by atoms with Gasteiger partial charge in [-0.25, -0.2) is 4.98 Å². The monoisotopic (exact) mass is 563 g/mol. The van der Waals surface area contributed by atoms with Crippen molar-refractivity contribution in [2.75, 3.05) is 5.01 Å². The maximum atomic E-state index is 13.8. The Bertz CT molecular complexity index is 1400. The molecule has 2 heterocycles. The Kier molecular flexibility index (Phi) is 6.15. The van der Waals surface area contributed by atoms with Gasteiger partial charge in [-0.05, 0) is 59.7 Å². The molecule has 0 radical (unpaired) electrons. The highest BCUT2D eigenvalue weighted by Crippen LogP contribution is 2.22. The number of halogens is 2. The minimum absolute atomic E-state index is 0.138. The fourth-order valence-corrected chi connectivity index (χ4v) is 4.28. The number of nitrogens with zero attached hydrogens (tertiary/aromatic N) is 3. The Morgan fingerprint density at radius 1 is 0.788 bits per heavy atom. The SMILES string of the molecule is O=c1c2ccccc2nc(-c2ccco2)n1N(Cc1ccc(Br)cc1)Cc1ccc(Br)cc1. The van der Waals surface area contributed by atoms with Gasteiger partial charge in [0.2, 0.25) is 0 Å². The standard InChI is InChI=1S/C26H19Br2N3O2/c27-20-11-7-18(8-12-20)16-30(17-19-9-13-21(28)14-10-19)31-25(24-6-3-15-33-24)29-23-5-2-1-4-22(23)26(31)32/h1-15H,16-17H2. The zero-order valence-corrected chi connectivity index (χ0v) is 20.7. The Labute approximate surface area is 207 Å². The Morgan fingerprint density at radius 2 is 1.39 bits per heavy atom. The molecular weight excluding hydrogens is 546 g/mol. The molecule has 0 N–H and O–H groups in total. The predicted octanol–water partition coefficient (Wildman–Crippen LogP) is 6.52. The smallest absolute Gasteiger partial charge is 0.280 e. The van der Waals surface area contributed by atoms with Crippen LogP contribution in [0.2, 0.25) is 0 Å². The van der Waals surface area contributed by atoms with Gasteiger partial charge in [-0.15, -0.1) is 0 Å². The molecule has 0 bridgehead atoms. The Balaban J connectivity index is 1.70. The highest BCUT2D eigenvalue weighted by atomic mass is 79.9. The highest BCUT2D eigenvalue weighted by molar-refractivity contribution is 9.10. The molecule has 0 amide bonds. The topological polar surface area (TPSA) is 51.3 Å². The van der Waals surface area contributed by atoms with Crippen molar-refractivity contribution in [2.24, 2.45) is 0 Å². The van der Waals surface area contributed by atoms with E-state index in [1.54, 1.807) is 17.0 Å². The lowest BCUT2D eigenvalue weighted by molar-refractivity contribution is 0.532. The number of para-hydroxylation sites is 1. The molecule has 5 nitrogen and oxygen atoms in total. The van der Waals surface area contributed by atoms with Crippen molar-refractivity contribution < 1.29 is 4.42 Å². The molecule has 3 aromatic carbocycles. The number of rotatable bonds is 6. The Hall–Kier alpha value is -3.16. The molecule has 7 heteroatoms. The van der Waals surface area contributed by atoms with E-state index >= 15 is 0 Å². The van der Waals surface area contributed by atoms with Crippen LogP contribution >= 0.6 is 31.9 Å². The second kappa shape index (κ2) is 9.37. The first-order valence-electron chi connectivity index (χ1n) is 10.4. The third-order valence-corrected chi connectivity index (χ3v) is 6.39. The molecule has 164 valence electrons. The number of aromatic nitrogens is 2. The van der Waals surface area contributed by atoms with Gasteiger partial charge < -0.3 is 4.42 Å². The number of fused-ring (bicyclic) bond motifs is 1. The van der Waals surface area contributed by atoms with Gasteiger partial charge in [0, 0.05) is 8.95 Å². The van der Waals surface area contributed by atoms with Crippen LogP contribution in [0.3, 0.4) is 0 Å². The summed E-state index contributed by atoms with van der Waals surface area (Å²) >= 11 is 7.00. The van der Waals surface area contributed by atoms with Crippen LogP contribution in [-0.4, -0.2) is 9.66 Å². The van der Waals surface area contributed by atoms with Crippen LogP contribution in [-0.2, 0) is 13.1 Å². The number of benzene rings is 3. The largest absolute Gasteiger partial charge is 0.461 e. The first-order valence-corrected chi connectivity index (χ1v) is 12.0. The van der Waals surface area contributed by atoms with E-state index in [1.807, 2.05) is 83.9 Å². The molecule has 0 spiro atoms. The molecule has 0 saturated carbocycles. The van der Waals surface area contributed by atoms with Crippen molar-refractivity contribution in [3.8, 4) is 11.6 Å². The summed E-state index contributed by atoms with van der Waals surface area (Å²) in [6.07, 6.45) is 1.59. The third kappa shape index (κ3) is 4.65. The molecule has 0 saturated heterocycles. The molecule has 0 aliphatic heterocycles. The summed E-state index contributed by atoms with van der Waals surface area (Å²) < 4.78 is 9.34. The summed E-state index contributed by atoms with van der Waals surface area (Å²) in [6.45, 7) is 1.02. The van der Waals surface area contributed by atoms with E-state index in [1.165, 1.54) is 0 Å². The van der Waals surface area contributed by atoms with E-state index in [-0.39, 0.29) is 5.56 Å². The van der Waals surface area contributed by atoms with E-state index in [4.69, 9.17) is 9.40 Å². The van der Waals surface area contributed by atoms with Crippen LogP contribution in [0.5, 0.6) is 0 Å². The fourth-order valence-electron chi connectivity index (χ4n) is 3.75. The molecule has 5 rings (SSSR count). The first kappa shape index (κ1) is 21.7. The summed E-state index contributed by atoms with van der Waals surface area (Å²) in [5.41, 5.74) is 2.64. The van der Waals surface area contributed by atoms with Gasteiger partial charge in [0.05, 0.1) is 30.3 Å². The van der Waals surface area contributed by atoms with Crippen molar-refractivity contribution in [3.63, 3.8) is 0 Å². The normalized spacial score (nSPS) is 11.1. The maximum Gasteiger partial charge on any atom is 0.280 e. The maximum absolute atomic E-state index is 13.8. The zero-order valence-electron chi connectivity index (χ0n) is 17.5. The van der Waals surface area contributed by atoms with Gasteiger partial charge >= 0.3 is 0 Å². The van der Waals surface area contributed by atoms with Crippen molar-refractivity contribution in [3.05, 3.63) is 122 Å². The zero-order chi connectivity index (χ0) is 22.8. The Morgan fingerprint density at radius 3 is 1.97 bits per heavy atom. The first-order chi connectivity index (χ1) is 16.1. The van der Waals surface area contributed by atoms with Crippen LogP contribution in [0.4, 0.5) is 0 Å². The highest BCUT2D eigenvalue weighted by Gasteiger charge is 2.20. The number of hydrogen-bond acceptors (Lipinski definition) is 4. The van der Waals surface area contributed by atoms with Crippen molar-refractivity contribution in [1.82, 2.24) is 9.66 Å². The third-order valence-electron chi connectivity index (χ3n) is 5.33.